The third-order valence-corrected chi connectivity index (χ3v) is 6.75. The third kappa shape index (κ3) is 5.79. The van der Waals surface area contributed by atoms with E-state index in [1.165, 1.54) is 0 Å². The van der Waals surface area contributed by atoms with Gasteiger partial charge in [0.05, 0.1) is 13.2 Å². The molecule has 2 aromatic carbocycles. The number of carbonyl (C=O) groups excluding carboxylic acids is 1. The number of carbonyl (C=O) groups is 1. The number of aliphatic hydroxyl groups is 1. The number of piperidine rings is 1. The van der Waals surface area contributed by atoms with Gasteiger partial charge in [-0.05, 0) is 60.2 Å². The molecule has 37 heavy (non-hydrogen) atoms. The van der Waals surface area contributed by atoms with Gasteiger partial charge in [0.25, 0.3) is 5.91 Å². The summed E-state index contributed by atoms with van der Waals surface area (Å²) in [4.78, 5) is 24.0. The Morgan fingerprint density at radius 1 is 1.24 bits per heavy atom. The van der Waals surface area contributed by atoms with Gasteiger partial charge in [0.2, 0.25) is 5.90 Å². The highest BCUT2D eigenvalue weighted by atomic mass is 16.5. The van der Waals surface area contributed by atoms with Crippen LogP contribution in [0.25, 0.3) is 10.4 Å². The molecule has 2 atom stereocenters. The summed E-state index contributed by atoms with van der Waals surface area (Å²) in [5.74, 6) is 0.973. The van der Waals surface area contributed by atoms with E-state index in [0.717, 1.165) is 36.0 Å². The normalized spacial score (nSPS) is 20.9. The predicted molar refractivity (Wildman–Crippen MR) is 141 cm³/mol. The molecule has 0 unspecified atom stereocenters. The molecule has 1 amide bonds. The van der Waals surface area contributed by atoms with Crippen LogP contribution in [0.2, 0.25) is 0 Å². The van der Waals surface area contributed by atoms with Gasteiger partial charge in [-0.3, -0.25) is 4.79 Å². The molecule has 0 radical (unpaired) electrons. The smallest absolute Gasteiger partial charge is 0.255 e. The van der Waals surface area contributed by atoms with Crippen molar-refractivity contribution in [2.24, 2.45) is 10.1 Å². The molecule has 1 fully saturated rings. The number of benzene rings is 2. The second-order valence-corrected chi connectivity index (χ2v) is 9.22. The van der Waals surface area contributed by atoms with Crippen LogP contribution in [-0.4, -0.2) is 53.7 Å². The van der Waals surface area contributed by atoms with Gasteiger partial charge >= 0.3 is 0 Å². The summed E-state index contributed by atoms with van der Waals surface area (Å²) in [7, 11) is 0. The fourth-order valence-corrected chi connectivity index (χ4v) is 4.91. The highest BCUT2D eigenvalue weighted by molar-refractivity contribution is 6.01. The molecule has 9 nitrogen and oxygen atoms in total. The standard InChI is InChI=1S/C28H33N5O4/c1-2-15-28(27(35)33-16-6-3-7-17-33)25(24-10-5-4-9-22(24)20-30-32-29)37-26(31-28)21-11-13-23(14-12-21)36-19-8-18-34/h2,4-5,9-14,25,34H,1,3,6-8,15-20H2/t25-,28-/m0/s1. The molecule has 2 aliphatic rings. The predicted octanol–water partition coefficient (Wildman–Crippen LogP) is 5.10. The fraction of sp³-hybridized carbons (Fsp3) is 0.429. The van der Waals surface area contributed by atoms with Crippen LogP contribution in [0.5, 0.6) is 5.75 Å². The van der Waals surface area contributed by atoms with Crippen LogP contribution in [0.4, 0.5) is 0 Å². The lowest BCUT2D eigenvalue weighted by Crippen LogP contribution is -2.51. The van der Waals surface area contributed by atoms with Crippen LogP contribution in [0.15, 0.2) is 71.3 Å². The number of azide groups is 1. The first kappa shape index (κ1) is 26.3. The average molecular weight is 504 g/mol. The number of ether oxygens (including phenoxy) is 2. The van der Waals surface area contributed by atoms with Crippen molar-refractivity contribution < 1.29 is 19.4 Å². The van der Waals surface area contributed by atoms with Gasteiger partial charge in [-0.15, -0.1) is 6.58 Å². The molecule has 0 spiro atoms. The lowest BCUT2D eigenvalue weighted by atomic mass is 9.82. The minimum absolute atomic E-state index is 0.0711. The van der Waals surface area contributed by atoms with Gasteiger partial charge in [0.15, 0.2) is 11.6 Å². The minimum atomic E-state index is -1.23. The molecule has 194 valence electrons. The molecule has 2 aromatic rings. The van der Waals surface area contributed by atoms with Gasteiger partial charge < -0.3 is 19.5 Å². The van der Waals surface area contributed by atoms with Crippen molar-refractivity contribution in [1.29, 1.82) is 0 Å². The van der Waals surface area contributed by atoms with Crippen LogP contribution in [-0.2, 0) is 16.1 Å². The Morgan fingerprint density at radius 2 is 2.00 bits per heavy atom. The van der Waals surface area contributed by atoms with Crippen LogP contribution < -0.4 is 4.74 Å². The Hall–Kier alpha value is -3.81. The van der Waals surface area contributed by atoms with Crippen molar-refractivity contribution in [2.75, 3.05) is 26.3 Å². The first-order valence-electron chi connectivity index (χ1n) is 12.7. The van der Waals surface area contributed by atoms with E-state index in [1.807, 2.05) is 53.4 Å². The Bertz CT molecular complexity index is 1170. The van der Waals surface area contributed by atoms with Crippen molar-refractivity contribution in [2.45, 2.75) is 50.3 Å². The number of rotatable bonds is 11. The summed E-state index contributed by atoms with van der Waals surface area (Å²) in [5.41, 5.74) is 9.97. The van der Waals surface area contributed by atoms with E-state index < -0.39 is 11.6 Å². The van der Waals surface area contributed by atoms with Gasteiger partial charge in [-0.2, -0.15) is 0 Å². The van der Waals surface area contributed by atoms with Gasteiger partial charge in [-0.1, -0.05) is 35.5 Å². The maximum absolute atomic E-state index is 14.2. The number of aliphatic hydroxyl groups excluding tert-OH is 1. The molecule has 1 saturated heterocycles. The van der Waals surface area contributed by atoms with E-state index in [0.29, 0.717) is 44.2 Å². The molecule has 0 aromatic heterocycles. The summed E-state index contributed by atoms with van der Waals surface area (Å²) in [6.07, 6.45) is 4.89. The van der Waals surface area contributed by atoms with E-state index in [4.69, 9.17) is 25.1 Å². The molecule has 2 aliphatic heterocycles. The number of likely N-dealkylation sites (tertiary alicyclic amines) is 1. The van der Waals surface area contributed by atoms with Crippen molar-refractivity contribution in [1.82, 2.24) is 4.90 Å². The van der Waals surface area contributed by atoms with Crippen LogP contribution >= 0.6 is 0 Å². The summed E-state index contributed by atoms with van der Waals surface area (Å²) in [6.45, 7) is 5.96. The zero-order chi connectivity index (χ0) is 26.1. The Morgan fingerprint density at radius 3 is 2.70 bits per heavy atom. The summed E-state index contributed by atoms with van der Waals surface area (Å²) in [6, 6.07) is 14.9. The second kappa shape index (κ2) is 12.4. The highest BCUT2D eigenvalue weighted by Crippen LogP contribution is 2.45. The Kier molecular flexibility index (Phi) is 8.82. The summed E-state index contributed by atoms with van der Waals surface area (Å²) >= 11 is 0. The van der Waals surface area contributed by atoms with Gasteiger partial charge in [0.1, 0.15) is 5.75 Å². The SMILES string of the molecule is C=CC[C@]1(C(=O)N2CCCCC2)N=C(c2ccc(OCCCO)cc2)O[C@H]1c1ccccc1CN=[N+]=[N-]. The quantitative estimate of drug-likeness (QED) is 0.151. The van der Waals surface area contributed by atoms with Crippen LogP contribution in [0.1, 0.15) is 54.9 Å². The zero-order valence-corrected chi connectivity index (χ0v) is 21.0. The van der Waals surface area contributed by atoms with E-state index >= 15 is 0 Å². The average Bonchev–Trinajstić information content (AvgIpc) is 3.33. The van der Waals surface area contributed by atoms with Crippen molar-refractivity contribution in [3.8, 4) is 5.75 Å². The number of nitrogens with zero attached hydrogens (tertiary/aromatic N) is 5. The maximum atomic E-state index is 14.2. The highest BCUT2D eigenvalue weighted by Gasteiger charge is 2.54. The largest absolute Gasteiger partial charge is 0.494 e. The molecule has 0 bridgehead atoms. The van der Waals surface area contributed by atoms with Gasteiger partial charge in [0, 0.05) is 43.0 Å². The molecule has 0 saturated carbocycles. The minimum Gasteiger partial charge on any atom is -0.494 e. The Labute approximate surface area is 217 Å². The lowest BCUT2D eigenvalue weighted by Gasteiger charge is -2.37. The van der Waals surface area contributed by atoms with Crippen LogP contribution in [0, 0.1) is 0 Å². The van der Waals surface area contributed by atoms with Crippen LogP contribution in [0.3, 0.4) is 0 Å². The van der Waals surface area contributed by atoms with E-state index in [9.17, 15) is 4.79 Å². The number of hydrogen-bond acceptors (Lipinski definition) is 6. The molecule has 9 heteroatoms. The molecular weight excluding hydrogens is 470 g/mol. The van der Waals surface area contributed by atoms with E-state index in [-0.39, 0.29) is 19.1 Å². The first-order chi connectivity index (χ1) is 18.1. The van der Waals surface area contributed by atoms with Crippen molar-refractivity contribution in [3.05, 3.63) is 88.3 Å². The fourth-order valence-electron chi connectivity index (χ4n) is 4.91. The Balaban J connectivity index is 1.75. The molecule has 4 rings (SSSR count). The second-order valence-electron chi connectivity index (χ2n) is 9.22. The van der Waals surface area contributed by atoms with Crippen molar-refractivity contribution >= 4 is 11.8 Å². The topological polar surface area (TPSA) is 120 Å². The summed E-state index contributed by atoms with van der Waals surface area (Å²) < 4.78 is 12.2. The van der Waals surface area contributed by atoms with E-state index in [2.05, 4.69) is 16.6 Å². The zero-order valence-electron chi connectivity index (χ0n) is 21.0. The number of aliphatic imine (C=N–C) groups is 1. The maximum Gasteiger partial charge on any atom is 0.255 e. The monoisotopic (exact) mass is 503 g/mol. The molecular formula is C28H33N5O4. The van der Waals surface area contributed by atoms with Crippen molar-refractivity contribution in [3.63, 3.8) is 0 Å². The number of amides is 1. The first-order valence-corrected chi connectivity index (χ1v) is 12.7. The number of hydrogen-bond donors (Lipinski definition) is 1. The molecule has 2 heterocycles. The lowest BCUT2D eigenvalue weighted by molar-refractivity contribution is -0.140. The molecule has 1 N–H and O–H groups in total. The van der Waals surface area contributed by atoms with E-state index in [1.54, 1.807) is 6.08 Å². The summed E-state index contributed by atoms with van der Waals surface area (Å²) in [5, 5.41) is 12.7. The third-order valence-electron chi connectivity index (χ3n) is 6.75. The van der Waals surface area contributed by atoms with Gasteiger partial charge in [-0.25, -0.2) is 4.99 Å². The molecule has 0 aliphatic carbocycles.